The van der Waals surface area contributed by atoms with Crippen LogP contribution in [0.4, 0.5) is 25.8 Å². The molecular weight excluding hydrogens is 691 g/mol. The zero-order valence-electron chi connectivity index (χ0n) is 32.1. The van der Waals surface area contributed by atoms with Gasteiger partial charge in [0.1, 0.15) is 18.8 Å². The van der Waals surface area contributed by atoms with E-state index in [2.05, 4.69) is 44.5 Å². The Morgan fingerprint density at radius 1 is 0.698 bits per heavy atom. The number of carbonyl (C=O) groups excluding carboxylic acids is 3. The predicted molar refractivity (Wildman–Crippen MR) is 207 cm³/mol. The molecule has 0 unspecified atom stereocenters. The highest BCUT2D eigenvalue weighted by Gasteiger charge is 2.50. The zero-order valence-corrected chi connectivity index (χ0v) is 33.1. The number of hydrogen-bond acceptors (Lipinski definition) is 9. The van der Waals surface area contributed by atoms with Crippen LogP contribution in [0.25, 0.3) is 0 Å². The summed E-state index contributed by atoms with van der Waals surface area (Å²) in [6.45, 7) is 15.9. The van der Waals surface area contributed by atoms with Crippen LogP contribution < -0.4 is 10.6 Å². The summed E-state index contributed by atoms with van der Waals surface area (Å²) in [6.07, 6.45) is 1.18. The first-order valence-electron chi connectivity index (χ1n) is 17.4. The van der Waals surface area contributed by atoms with E-state index in [-0.39, 0.29) is 24.8 Å². The lowest BCUT2D eigenvalue weighted by Gasteiger charge is -2.46. The Labute approximate surface area is 313 Å². The maximum atomic E-state index is 13.5. The van der Waals surface area contributed by atoms with Gasteiger partial charge in [0.25, 0.3) is 0 Å². The highest BCUT2D eigenvalue weighted by Crippen LogP contribution is 2.45. The number of anilines is 2. The van der Waals surface area contributed by atoms with Crippen molar-refractivity contribution >= 4 is 38.0 Å². The number of nitrogens with zero attached hydrogens (tertiary/aromatic N) is 3. The van der Waals surface area contributed by atoms with Crippen molar-refractivity contribution in [3.63, 3.8) is 0 Å². The minimum atomic E-state index is -2.74. The fraction of sp³-hybridized carbons (Fsp3) is 0.375. The van der Waals surface area contributed by atoms with E-state index in [1.165, 1.54) is 4.90 Å². The van der Waals surface area contributed by atoms with E-state index in [9.17, 15) is 14.4 Å². The number of amides is 3. The topological polar surface area (TPSA) is 141 Å². The van der Waals surface area contributed by atoms with E-state index in [4.69, 9.17) is 28.6 Å². The molecule has 0 spiro atoms. The molecule has 2 N–H and O–H groups in total. The fourth-order valence-electron chi connectivity index (χ4n) is 4.97. The molecule has 0 bridgehead atoms. The molecule has 0 fully saturated rings. The molecule has 3 amide bonds. The van der Waals surface area contributed by atoms with Gasteiger partial charge in [-0.2, -0.15) is 0 Å². The molecule has 12 nitrogen and oxygen atoms in total. The van der Waals surface area contributed by atoms with Crippen LogP contribution in [0.3, 0.4) is 0 Å². The van der Waals surface area contributed by atoms with Crippen molar-refractivity contribution in [1.29, 1.82) is 0 Å². The number of likely N-dealkylation sites (N-methyl/N-ethyl adjacent to an activating group) is 1. The Morgan fingerprint density at radius 3 is 1.53 bits per heavy atom. The molecule has 53 heavy (non-hydrogen) atoms. The Hall–Kier alpha value is -5.27. The van der Waals surface area contributed by atoms with Gasteiger partial charge in [0.15, 0.2) is 13.9 Å². The van der Waals surface area contributed by atoms with Crippen LogP contribution in [0.2, 0.25) is 18.1 Å². The monoisotopic (exact) mass is 741 g/mol. The van der Waals surface area contributed by atoms with Crippen LogP contribution in [-0.2, 0) is 37.5 Å². The van der Waals surface area contributed by atoms with Crippen molar-refractivity contribution in [1.82, 2.24) is 14.9 Å². The van der Waals surface area contributed by atoms with Gasteiger partial charge in [0.2, 0.25) is 0 Å². The van der Waals surface area contributed by atoms with Gasteiger partial charge < -0.3 is 23.5 Å². The maximum Gasteiger partial charge on any atom is 0.411 e. The summed E-state index contributed by atoms with van der Waals surface area (Å²) < 4.78 is 24.0. The van der Waals surface area contributed by atoms with Gasteiger partial charge in [-0.1, -0.05) is 81.4 Å². The number of benzene rings is 2. The Balaban J connectivity index is 1.78. The largest absolute Gasteiger partial charge is 0.444 e. The second-order valence-electron chi connectivity index (χ2n) is 15.3. The number of carbonyl (C=O) groups is 3. The maximum absolute atomic E-state index is 13.5. The molecule has 0 atom stereocenters. The standard InChI is InChI=1S/C40H51N5O7Si/c1-38(2,3)51-37(48)45(7)28-40(52-53(8,9)39(4,5)6,33-24-31(20-22-41-33)43-35(46)49-26-29-16-12-10-13-17-29)34-25-32(21-23-42-34)44-36(47)50-27-30-18-14-11-15-19-30/h10-25H,26-28H2,1-9H3,(H,41,43,46)(H,42,44,47). The van der Waals surface area contributed by atoms with Crippen LogP contribution in [0, 0.1) is 0 Å². The second kappa shape index (κ2) is 17.0. The van der Waals surface area contributed by atoms with Gasteiger partial charge in [0.05, 0.1) is 17.9 Å². The van der Waals surface area contributed by atoms with Gasteiger partial charge in [-0.25, -0.2) is 14.4 Å². The number of nitrogens with one attached hydrogen (secondary N) is 2. The summed E-state index contributed by atoms with van der Waals surface area (Å²) in [5, 5.41) is 5.30. The molecule has 2 aromatic carbocycles. The predicted octanol–water partition coefficient (Wildman–Crippen LogP) is 9.11. The van der Waals surface area contributed by atoms with E-state index >= 15 is 0 Å². The van der Waals surface area contributed by atoms with E-state index in [0.717, 1.165) is 11.1 Å². The van der Waals surface area contributed by atoms with Crippen molar-refractivity contribution in [3.8, 4) is 0 Å². The molecule has 0 aliphatic heterocycles. The highest BCUT2D eigenvalue weighted by molar-refractivity contribution is 6.74. The summed E-state index contributed by atoms with van der Waals surface area (Å²) in [5.41, 5.74) is 0.877. The lowest BCUT2D eigenvalue weighted by atomic mass is 9.92. The molecule has 0 saturated carbocycles. The average molecular weight is 742 g/mol. The minimum Gasteiger partial charge on any atom is -0.444 e. The third kappa shape index (κ3) is 11.6. The van der Waals surface area contributed by atoms with Crippen molar-refractivity contribution in [3.05, 3.63) is 120 Å². The van der Waals surface area contributed by atoms with Crippen LogP contribution in [0.5, 0.6) is 0 Å². The lowest BCUT2D eigenvalue weighted by molar-refractivity contribution is 0.00503. The number of ether oxygens (including phenoxy) is 3. The van der Waals surface area contributed by atoms with Gasteiger partial charge in [-0.3, -0.25) is 20.6 Å². The molecule has 0 aliphatic carbocycles. The van der Waals surface area contributed by atoms with Crippen molar-refractivity contribution < 1.29 is 33.0 Å². The number of rotatable bonds is 12. The molecular formula is C40H51N5O7Si. The Kier molecular flexibility index (Phi) is 13.0. The van der Waals surface area contributed by atoms with Crippen LogP contribution >= 0.6 is 0 Å². The van der Waals surface area contributed by atoms with E-state index < -0.39 is 37.8 Å². The molecule has 0 aliphatic rings. The first-order chi connectivity index (χ1) is 24.9. The average Bonchev–Trinajstić information content (AvgIpc) is 3.09. The van der Waals surface area contributed by atoms with Gasteiger partial charge >= 0.3 is 18.3 Å². The second-order valence-corrected chi connectivity index (χ2v) is 20.0. The van der Waals surface area contributed by atoms with Crippen molar-refractivity contribution in [2.75, 3.05) is 24.2 Å². The summed E-state index contributed by atoms with van der Waals surface area (Å²) >= 11 is 0. The van der Waals surface area contributed by atoms with Gasteiger partial charge in [0, 0.05) is 30.8 Å². The lowest BCUT2D eigenvalue weighted by Crippen LogP contribution is -2.54. The molecule has 2 heterocycles. The smallest absolute Gasteiger partial charge is 0.411 e. The third-order valence-electron chi connectivity index (χ3n) is 8.67. The molecule has 4 aromatic rings. The zero-order chi connectivity index (χ0) is 38.9. The number of hydrogen-bond donors (Lipinski definition) is 2. The third-order valence-corrected chi connectivity index (χ3v) is 13.1. The van der Waals surface area contributed by atoms with Gasteiger partial charge in [-0.05, 0) is 74.3 Å². The van der Waals surface area contributed by atoms with Crippen LogP contribution in [0.1, 0.15) is 64.1 Å². The first kappa shape index (κ1) is 40.5. The summed E-state index contributed by atoms with van der Waals surface area (Å²) in [7, 11) is -1.12. The van der Waals surface area contributed by atoms with Crippen molar-refractivity contribution in [2.45, 2.75) is 84.1 Å². The molecule has 282 valence electrons. The molecule has 13 heteroatoms. The first-order valence-corrected chi connectivity index (χ1v) is 20.3. The molecule has 0 saturated heterocycles. The quantitative estimate of drug-likeness (QED) is 0.107. The van der Waals surface area contributed by atoms with Crippen LogP contribution in [-0.4, -0.2) is 60.7 Å². The summed E-state index contributed by atoms with van der Waals surface area (Å²) in [4.78, 5) is 50.4. The highest BCUT2D eigenvalue weighted by atomic mass is 28.4. The summed E-state index contributed by atoms with van der Waals surface area (Å²) in [5.74, 6) is 0. The van der Waals surface area contributed by atoms with E-state index in [1.54, 1.807) is 64.5 Å². The number of aromatic nitrogens is 2. The van der Waals surface area contributed by atoms with E-state index in [1.807, 2.05) is 60.7 Å². The minimum absolute atomic E-state index is 0.0845. The Morgan fingerprint density at radius 2 is 1.13 bits per heavy atom. The molecule has 4 rings (SSSR count). The van der Waals surface area contributed by atoms with Crippen molar-refractivity contribution in [2.24, 2.45) is 0 Å². The SMILES string of the molecule is CN(CC(O[Si](C)(C)C(C)(C)C)(c1cc(NC(=O)OCc2ccccc2)ccn1)c1cc(NC(=O)OCc2ccccc2)ccn1)C(=O)OC(C)(C)C. The molecule has 2 aromatic heterocycles. The summed E-state index contributed by atoms with van der Waals surface area (Å²) in [6, 6.07) is 25.3. The Bertz CT molecular complexity index is 1740. The van der Waals surface area contributed by atoms with Gasteiger partial charge in [-0.15, -0.1) is 0 Å². The normalized spacial score (nSPS) is 12.0. The molecule has 0 radical (unpaired) electrons. The fourth-order valence-corrected chi connectivity index (χ4v) is 6.42. The van der Waals surface area contributed by atoms with E-state index in [0.29, 0.717) is 22.8 Å². The van der Waals surface area contributed by atoms with Crippen LogP contribution in [0.15, 0.2) is 97.3 Å². The number of pyridine rings is 2.